The quantitative estimate of drug-likeness (QED) is 0.831. The number of aryl methyl sites for hydroxylation is 1. The van der Waals surface area contributed by atoms with Gasteiger partial charge in [-0.15, -0.1) is 0 Å². The van der Waals surface area contributed by atoms with Gasteiger partial charge in [0.15, 0.2) is 5.75 Å². The molecule has 21 heavy (non-hydrogen) atoms. The summed E-state index contributed by atoms with van der Waals surface area (Å²) in [6, 6.07) is 8.11. The molecule has 0 amide bonds. The van der Waals surface area contributed by atoms with Gasteiger partial charge in [0.1, 0.15) is 5.69 Å². The Morgan fingerprint density at radius 1 is 0.952 bits per heavy atom. The molecule has 1 heterocycles. The number of aromatic nitrogens is 2. The molecule has 0 radical (unpaired) electrons. The zero-order valence-electron chi connectivity index (χ0n) is 14.2. The molecule has 0 spiro atoms. The third-order valence-electron chi connectivity index (χ3n) is 3.53. The normalized spacial score (nSPS) is 12.7. The van der Waals surface area contributed by atoms with Crippen molar-refractivity contribution in [3.63, 3.8) is 0 Å². The molecule has 3 nitrogen and oxygen atoms in total. The van der Waals surface area contributed by atoms with E-state index in [9.17, 15) is 5.11 Å². The maximum atomic E-state index is 10.7. The zero-order valence-corrected chi connectivity index (χ0v) is 14.2. The van der Waals surface area contributed by atoms with Crippen LogP contribution in [0.25, 0.3) is 11.3 Å². The van der Waals surface area contributed by atoms with E-state index in [1.165, 1.54) is 5.56 Å². The highest BCUT2D eigenvalue weighted by atomic mass is 16.3. The van der Waals surface area contributed by atoms with Gasteiger partial charge >= 0.3 is 0 Å². The molecule has 0 aliphatic heterocycles. The topological polar surface area (TPSA) is 38.0 Å². The van der Waals surface area contributed by atoms with Crippen molar-refractivity contribution in [3.05, 3.63) is 35.5 Å². The van der Waals surface area contributed by atoms with Crippen LogP contribution >= 0.6 is 0 Å². The number of nitrogens with zero attached hydrogens (tertiary/aromatic N) is 2. The second-order valence-electron chi connectivity index (χ2n) is 7.74. The molecule has 0 aliphatic rings. The number of hydrogen-bond acceptors (Lipinski definition) is 2. The van der Waals surface area contributed by atoms with Crippen LogP contribution < -0.4 is 0 Å². The zero-order chi connectivity index (χ0) is 16.0. The molecule has 2 rings (SSSR count). The number of aromatic hydroxyl groups is 1. The standard InChI is InChI=1S/C18H26N2O/c1-12-8-10-13(11-9-12)14-15(21)16(17(2,3)4)20(19-14)18(5,6)7/h8-11,21H,1-7H3. The van der Waals surface area contributed by atoms with Crippen LogP contribution in [0.2, 0.25) is 0 Å². The Morgan fingerprint density at radius 2 is 1.48 bits per heavy atom. The van der Waals surface area contributed by atoms with Crippen molar-refractivity contribution in [2.45, 2.75) is 59.4 Å². The van der Waals surface area contributed by atoms with Gasteiger partial charge in [0, 0.05) is 11.0 Å². The molecular formula is C18H26N2O. The summed E-state index contributed by atoms with van der Waals surface area (Å²) >= 11 is 0. The SMILES string of the molecule is Cc1ccc(-c2nn(C(C)(C)C)c(C(C)(C)C)c2O)cc1. The molecule has 0 saturated heterocycles. The maximum absolute atomic E-state index is 10.7. The maximum Gasteiger partial charge on any atom is 0.165 e. The minimum Gasteiger partial charge on any atom is -0.504 e. The van der Waals surface area contributed by atoms with Crippen molar-refractivity contribution < 1.29 is 5.11 Å². The van der Waals surface area contributed by atoms with E-state index in [2.05, 4.69) is 48.5 Å². The summed E-state index contributed by atoms with van der Waals surface area (Å²) in [7, 11) is 0. The van der Waals surface area contributed by atoms with E-state index in [0.717, 1.165) is 11.3 Å². The second-order valence-corrected chi connectivity index (χ2v) is 7.74. The Hall–Kier alpha value is -1.77. The first kappa shape index (κ1) is 15.6. The number of rotatable bonds is 1. The average molecular weight is 286 g/mol. The number of benzene rings is 1. The monoisotopic (exact) mass is 286 g/mol. The Kier molecular flexibility index (Phi) is 3.64. The van der Waals surface area contributed by atoms with E-state index in [4.69, 9.17) is 5.10 Å². The third-order valence-corrected chi connectivity index (χ3v) is 3.53. The van der Waals surface area contributed by atoms with Crippen LogP contribution in [-0.4, -0.2) is 14.9 Å². The lowest BCUT2D eigenvalue weighted by atomic mass is 9.89. The van der Waals surface area contributed by atoms with Gasteiger partial charge in [-0.05, 0) is 27.7 Å². The smallest absolute Gasteiger partial charge is 0.165 e. The van der Waals surface area contributed by atoms with E-state index in [-0.39, 0.29) is 11.0 Å². The third kappa shape index (κ3) is 2.97. The van der Waals surface area contributed by atoms with Gasteiger partial charge in [0.25, 0.3) is 0 Å². The van der Waals surface area contributed by atoms with Crippen molar-refractivity contribution in [1.82, 2.24) is 9.78 Å². The highest BCUT2D eigenvalue weighted by Crippen LogP contribution is 2.40. The minimum absolute atomic E-state index is 0.173. The molecule has 0 saturated carbocycles. The van der Waals surface area contributed by atoms with E-state index >= 15 is 0 Å². The molecule has 1 N–H and O–H groups in total. The molecule has 3 heteroatoms. The van der Waals surface area contributed by atoms with Crippen LogP contribution in [0.15, 0.2) is 24.3 Å². The first-order chi connectivity index (χ1) is 9.51. The largest absolute Gasteiger partial charge is 0.504 e. The molecule has 0 fully saturated rings. The fourth-order valence-corrected chi connectivity index (χ4v) is 2.47. The molecule has 1 aromatic heterocycles. The van der Waals surface area contributed by atoms with Crippen molar-refractivity contribution in [3.8, 4) is 17.0 Å². The van der Waals surface area contributed by atoms with Gasteiger partial charge in [-0.25, -0.2) is 0 Å². The molecular weight excluding hydrogens is 260 g/mol. The molecule has 114 valence electrons. The van der Waals surface area contributed by atoms with Crippen LogP contribution in [0.5, 0.6) is 5.75 Å². The van der Waals surface area contributed by atoms with Crippen LogP contribution in [0.1, 0.15) is 52.8 Å². The summed E-state index contributed by atoms with van der Waals surface area (Å²) in [5, 5.41) is 15.5. The lowest BCUT2D eigenvalue weighted by Crippen LogP contribution is -2.30. The van der Waals surface area contributed by atoms with Gasteiger partial charge < -0.3 is 5.11 Å². The van der Waals surface area contributed by atoms with Crippen LogP contribution in [0.4, 0.5) is 0 Å². The first-order valence-corrected chi connectivity index (χ1v) is 7.42. The molecule has 0 unspecified atom stereocenters. The van der Waals surface area contributed by atoms with Crippen LogP contribution in [0.3, 0.4) is 0 Å². The van der Waals surface area contributed by atoms with Gasteiger partial charge in [-0.1, -0.05) is 50.6 Å². The van der Waals surface area contributed by atoms with E-state index in [1.54, 1.807) is 0 Å². The van der Waals surface area contributed by atoms with Crippen molar-refractivity contribution in [2.75, 3.05) is 0 Å². The fraction of sp³-hybridized carbons (Fsp3) is 0.500. The minimum atomic E-state index is -0.178. The van der Waals surface area contributed by atoms with E-state index in [0.29, 0.717) is 11.4 Å². The van der Waals surface area contributed by atoms with Gasteiger partial charge in [0.05, 0.1) is 11.2 Å². The summed E-state index contributed by atoms with van der Waals surface area (Å²) in [6.45, 7) is 14.7. The van der Waals surface area contributed by atoms with E-state index < -0.39 is 0 Å². The average Bonchev–Trinajstić information content (AvgIpc) is 2.67. The summed E-state index contributed by atoms with van der Waals surface area (Å²) in [6.07, 6.45) is 0. The Labute approximate surface area is 127 Å². The number of hydrogen-bond donors (Lipinski definition) is 1. The predicted molar refractivity (Wildman–Crippen MR) is 87.8 cm³/mol. The van der Waals surface area contributed by atoms with Crippen LogP contribution in [-0.2, 0) is 11.0 Å². The summed E-state index contributed by atoms with van der Waals surface area (Å²) in [5.74, 6) is 0.293. The first-order valence-electron chi connectivity index (χ1n) is 7.42. The predicted octanol–water partition coefficient (Wildman–Crippen LogP) is 4.62. The molecule has 0 aliphatic carbocycles. The molecule has 0 bridgehead atoms. The van der Waals surface area contributed by atoms with Crippen molar-refractivity contribution in [1.29, 1.82) is 0 Å². The highest BCUT2D eigenvalue weighted by Gasteiger charge is 2.32. The van der Waals surface area contributed by atoms with Gasteiger partial charge in [-0.3, -0.25) is 4.68 Å². The van der Waals surface area contributed by atoms with E-state index in [1.807, 2.05) is 28.9 Å². The Bertz CT molecular complexity index is 638. The van der Waals surface area contributed by atoms with Gasteiger partial charge in [-0.2, -0.15) is 5.10 Å². The molecule has 2 aromatic rings. The lowest BCUT2D eigenvalue weighted by molar-refractivity contribution is 0.315. The fourth-order valence-electron chi connectivity index (χ4n) is 2.47. The Balaban J connectivity index is 2.70. The van der Waals surface area contributed by atoms with Crippen LogP contribution in [0, 0.1) is 6.92 Å². The van der Waals surface area contributed by atoms with Crippen molar-refractivity contribution in [2.24, 2.45) is 0 Å². The van der Waals surface area contributed by atoms with Crippen molar-refractivity contribution >= 4 is 0 Å². The Morgan fingerprint density at radius 3 is 1.86 bits per heavy atom. The highest BCUT2D eigenvalue weighted by molar-refractivity contribution is 5.68. The molecule has 0 atom stereocenters. The summed E-state index contributed by atoms with van der Waals surface area (Å²) < 4.78 is 1.96. The second kappa shape index (κ2) is 4.90. The molecule has 1 aromatic carbocycles. The van der Waals surface area contributed by atoms with Gasteiger partial charge in [0.2, 0.25) is 0 Å². The lowest BCUT2D eigenvalue weighted by Gasteiger charge is -2.28. The summed E-state index contributed by atoms with van der Waals surface area (Å²) in [5.41, 5.74) is 3.34. The summed E-state index contributed by atoms with van der Waals surface area (Å²) in [4.78, 5) is 0.